The minimum atomic E-state index is -3.61. The van der Waals surface area contributed by atoms with Gasteiger partial charge < -0.3 is 0 Å². The molecule has 0 aliphatic heterocycles. The monoisotopic (exact) mass is 417 g/mol. The van der Waals surface area contributed by atoms with Crippen LogP contribution in [0.15, 0.2) is 52.7 Å². The van der Waals surface area contributed by atoms with E-state index in [2.05, 4.69) is 30.6 Å². The second kappa shape index (κ2) is 7.81. The standard InChI is InChI=1S/C21H27N3O2S2/c1-15-13-16(2)24(23-15)19(20-7-6-12-27-20)14-22-28(25,26)18-10-8-17(9-11-18)21(3,4)5/h6-13,19,22H,14H2,1-5H3. The van der Waals surface area contributed by atoms with Crippen molar-refractivity contribution in [3.63, 3.8) is 0 Å². The van der Waals surface area contributed by atoms with E-state index in [0.29, 0.717) is 0 Å². The molecule has 0 amide bonds. The van der Waals surface area contributed by atoms with Crippen molar-refractivity contribution >= 4 is 21.4 Å². The SMILES string of the molecule is Cc1cc(C)n(C(CNS(=O)(=O)c2ccc(C(C)(C)C)cc2)c2cccs2)n1. The number of benzene rings is 1. The maximum absolute atomic E-state index is 12.9. The van der Waals surface area contributed by atoms with Crippen LogP contribution >= 0.6 is 11.3 Å². The number of sulfonamides is 1. The van der Waals surface area contributed by atoms with E-state index in [0.717, 1.165) is 21.8 Å². The summed E-state index contributed by atoms with van der Waals surface area (Å²) in [4.78, 5) is 1.34. The number of nitrogens with zero attached hydrogens (tertiary/aromatic N) is 2. The summed E-state index contributed by atoms with van der Waals surface area (Å²) in [5, 5.41) is 6.56. The van der Waals surface area contributed by atoms with Gasteiger partial charge in [-0.1, -0.05) is 39.0 Å². The Bertz CT molecular complexity index is 1030. The summed E-state index contributed by atoms with van der Waals surface area (Å²) in [6.07, 6.45) is 0. The lowest BCUT2D eigenvalue weighted by Crippen LogP contribution is -2.32. The lowest BCUT2D eigenvalue weighted by molar-refractivity contribution is 0.499. The van der Waals surface area contributed by atoms with Gasteiger partial charge in [-0.2, -0.15) is 5.10 Å². The van der Waals surface area contributed by atoms with Crippen LogP contribution < -0.4 is 4.72 Å². The van der Waals surface area contributed by atoms with E-state index in [1.165, 1.54) is 0 Å². The molecule has 0 aliphatic rings. The first kappa shape index (κ1) is 20.8. The molecule has 150 valence electrons. The fourth-order valence-electron chi connectivity index (χ4n) is 3.16. The van der Waals surface area contributed by atoms with Gasteiger partial charge in [0.2, 0.25) is 10.0 Å². The van der Waals surface area contributed by atoms with Crippen molar-refractivity contribution in [2.75, 3.05) is 6.54 Å². The van der Waals surface area contributed by atoms with Gasteiger partial charge in [0.1, 0.15) is 0 Å². The molecule has 3 rings (SSSR count). The molecule has 2 aromatic heterocycles. The molecule has 0 fully saturated rings. The van der Waals surface area contributed by atoms with E-state index in [1.807, 2.05) is 54.2 Å². The van der Waals surface area contributed by atoms with Crippen molar-refractivity contribution in [2.45, 2.75) is 51.0 Å². The molecule has 0 bridgehead atoms. The average Bonchev–Trinajstić information content (AvgIpc) is 3.25. The fraction of sp³-hybridized carbons (Fsp3) is 0.381. The van der Waals surface area contributed by atoms with Crippen LogP contribution in [0.3, 0.4) is 0 Å². The van der Waals surface area contributed by atoms with Gasteiger partial charge in [-0.05, 0) is 54.5 Å². The molecule has 1 atom stereocenters. The van der Waals surface area contributed by atoms with Crippen molar-refractivity contribution in [1.82, 2.24) is 14.5 Å². The van der Waals surface area contributed by atoms with E-state index in [1.54, 1.807) is 23.5 Å². The van der Waals surface area contributed by atoms with E-state index in [-0.39, 0.29) is 22.9 Å². The summed E-state index contributed by atoms with van der Waals surface area (Å²) in [6, 6.07) is 12.9. The fourth-order valence-corrected chi connectivity index (χ4v) is 5.01. The lowest BCUT2D eigenvalue weighted by atomic mass is 9.87. The zero-order valence-electron chi connectivity index (χ0n) is 16.9. The highest BCUT2D eigenvalue weighted by molar-refractivity contribution is 7.89. The van der Waals surface area contributed by atoms with Crippen molar-refractivity contribution in [3.8, 4) is 0 Å². The zero-order chi connectivity index (χ0) is 20.5. The molecule has 1 N–H and O–H groups in total. The number of hydrogen-bond acceptors (Lipinski definition) is 4. The Morgan fingerprint density at radius 3 is 2.32 bits per heavy atom. The normalized spacial score (nSPS) is 13.6. The minimum absolute atomic E-state index is 0.0184. The molecule has 0 saturated heterocycles. The third-order valence-corrected chi connectivity index (χ3v) is 7.12. The summed E-state index contributed by atoms with van der Waals surface area (Å²) in [5.41, 5.74) is 3.00. The van der Waals surface area contributed by atoms with Crippen LogP contribution in [0.1, 0.15) is 48.6 Å². The van der Waals surface area contributed by atoms with E-state index in [4.69, 9.17) is 0 Å². The molecule has 1 aromatic carbocycles. The molecule has 0 saturated carbocycles. The van der Waals surface area contributed by atoms with Crippen LogP contribution in [0.4, 0.5) is 0 Å². The second-order valence-corrected chi connectivity index (χ2v) is 10.8. The summed E-state index contributed by atoms with van der Waals surface area (Å²) in [6.45, 7) is 10.5. The van der Waals surface area contributed by atoms with Crippen LogP contribution in [-0.4, -0.2) is 24.7 Å². The van der Waals surface area contributed by atoms with Crippen molar-refractivity contribution < 1.29 is 8.42 Å². The van der Waals surface area contributed by atoms with Crippen LogP contribution in [0.5, 0.6) is 0 Å². The molecule has 5 nitrogen and oxygen atoms in total. The van der Waals surface area contributed by atoms with Crippen LogP contribution in [0.25, 0.3) is 0 Å². The highest BCUT2D eigenvalue weighted by Gasteiger charge is 2.23. The molecule has 0 radical (unpaired) electrons. The number of rotatable bonds is 6. The van der Waals surface area contributed by atoms with Gasteiger partial charge in [-0.15, -0.1) is 11.3 Å². The van der Waals surface area contributed by atoms with Gasteiger partial charge in [0.15, 0.2) is 0 Å². The minimum Gasteiger partial charge on any atom is -0.260 e. The van der Waals surface area contributed by atoms with Gasteiger partial charge in [0.25, 0.3) is 0 Å². The summed E-state index contributed by atoms with van der Waals surface area (Å²) in [7, 11) is -3.61. The summed E-state index contributed by atoms with van der Waals surface area (Å²) < 4.78 is 30.4. The zero-order valence-corrected chi connectivity index (χ0v) is 18.6. The molecular weight excluding hydrogens is 390 g/mol. The van der Waals surface area contributed by atoms with Crippen LogP contribution in [0, 0.1) is 13.8 Å². The maximum Gasteiger partial charge on any atom is 0.240 e. The first-order valence-electron chi connectivity index (χ1n) is 9.24. The Kier molecular flexibility index (Phi) is 5.79. The molecule has 7 heteroatoms. The molecule has 0 aliphatic carbocycles. The number of hydrogen-bond donors (Lipinski definition) is 1. The quantitative estimate of drug-likeness (QED) is 0.645. The van der Waals surface area contributed by atoms with Gasteiger partial charge in [0.05, 0.1) is 16.6 Å². The van der Waals surface area contributed by atoms with Crippen LogP contribution in [0.2, 0.25) is 0 Å². The van der Waals surface area contributed by atoms with Gasteiger partial charge >= 0.3 is 0 Å². The predicted molar refractivity (Wildman–Crippen MR) is 114 cm³/mol. The van der Waals surface area contributed by atoms with Gasteiger partial charge in [-0.3, -0.25) is 4.68 Å². The Balaban J connectivity index is 1.83. The third-order valence-electron chi connectivity index (χ3n) is 4.71. The molecule has 3 aromatic rings. The van der Waals surface area contributed by atoms with Crippen molar-refractivity contribution in [2.24, 2.45) is 0 Å². The number of aromatic nitrogens is 2. The van der Waals surface area contributed by atoms with Crippen molar-refractivity contribution in [1.29, 1.82) is 0 Å². The number of aryl methyl sites for hydroxylation is 2. The number of nitrogens with one attached hydrogen (secondary N) is 1. The highest BCUT2D eigenvalue weighted by atomic mass is 32.2. The molecular formula is C21H27N3O2S2. The Morgan fingerprint density at radius 1 is 1.14 bits per heavy atom. The summed E-state index contributed by atoms with van der Waals surface area (Å²) in [5.74, 6) is 0. The van der Waals surface area contributed by atoms with E-state index in [9.17, 15) is 8.42 Å². The average molecular weight is 418 g/mol. The van der Waals surface area contributed by atoms with Crippen LogP contribution in [-0.2, 0) is 15.4 Å². The summed E-state index contributed by atoms with van der Waals surface area (Å²) >= 11 is 1.60. The first-order chi connectivity index (χ1) is 13.1. The molecule has 1 unspecified atom stereocenters. The Hall–Kier alpha value is -1.96. The Morgan fingerprint density at radius 2 is 1.82 bits per heavy atom. The smallest absolute Gasteiger partial charge is 0.240 e. The lowest BCUT2D eigenvalue weighted by Gasteiger charge is -2.20. The Labute approximate surface area is 171 Å². The van der Waals surface area contributed by atoms with E-state index < -0.39 is 10.0 Å². The second-order valence-electron chi connectivity index (χ2n) is 8.03. The predicted octanol–water partition coefficient (Wildman–Crippen LogP) is 4.43. The molecule has 2 heterocycles. The van der Waals surface area contributed by atoms with Gasteiger partial charge in [-0.25, -0.2) is 13.1 Å². The topological polar surface area (TPSA) is 64.0 Å². The molecule has 28 heavy (non-hydrogen) atoms. The maximum atomic E-state index is 12.9. The highest BCUT2D eigenvalue weighted by Crippen LogP contribution is 2.26. The third kappa shape index (κ3) is 4.54. The van der Waals surface area contributed by atoms with Gasteiger partial charge in [0, 0.05) is 17.1 Å². The molecule has 0 spiro atoms. The van der Waals surface area contributed by atoms with E-state index >= 15 is 0 Å². The first-order valence-corrected chi connectivity index (χ1v) is 11.6. The number of thiophene rings is 1. The van der Waals surface area contributed by atoms with Crippen molar-refractivity contribution in [3.05, 3.63) is 69.7 Å². The largest absolute Gasteiger partial charge is 0.260 e.